The van der Waals surface area contributed by atoms with Gasteiger partial charge in [0, 0.05) is 25.7 Å². The van der Waals surface area contributed by atoms with E-state index >= 15 is 0 Å². The number of carbonyl (C=O) groups excluding carboxylic acids is 2. The van der Waals surface area contributed by atoms with E-state index < -0.39 is 0 Å². The van der Waals surface area contributed by atoms with Gasteiger partial charge in [-0.25, -0.2) is 4.52 Å². The smallest absolute Gasteiger partial charge is 0.219 e. The summed E-state index contributed by atoms with van der Waals surface area (Å²) < 4.78 is 1.74. The standard InChI is InChI=1S/C14H17N3O2/c1-9-12(8-18)13-6-5-7-15-17(13)14(9)10(2)16(4)11(3)19/h5-8,10H,1-4H3. The first-order valence-electron chi connectivity index (χ1n) is 6.13. The van der Waals surface area contributed by atoms with Crippen LogP contribution in [0.3, 0.4) is 0 Å². The van der Waals surface area contributed by atoms with Crippen molar-refractivity contribution in [1.82, 2.24) is 14.5 Å². The molecule has 2 rings (SSSR count). The van der Waals surface area contributed by atoms with Crippen molar-refractivity contribution in [2.75, 3.05) is 7.05 Å². The summed E-state index contributed by atoms with van der Waals surface area (Å²) in [4.78, 5) is 24.4. The van der Waals surface area contributed by atoms with E-state index in [0.717, 1.165) is 23.1 Å². The maximum absolute atomic E-state index is 11.5. The monoisotopic (exact) mass is 259 g/mol. The van der Waals surface area contributed by atoms with E-state index in [0.29, 0.717) is 5.56 Å². The van der Waals surface area contributed by atoms with Crippen LogP contribution in [-0.4, -0.2) is 33.8 Å². The van der Waals surface area contributed by atoms with Gasteiger partial charge in [0.15, 0.2) is 6.29 Å². The topological polar surface area (TPSA) is 54.7 Å². The number of amides is 1. The molecule has 5 heteroatoms. The Bertz CT molecular complexity index is 645. The molecule has 0 aliphatic carbocycles. The summed E-state index contributed by atoms with van der Waals surface area (Å²) in [5.41, 5.74) is 3.14. The van der Waals surface area contributed by atoms with E-state index in [1.165, 1.54) is 6.92 Å². The molecule has 0 aliphatic heterocycles. The summed E-state index contributed by atoms with van der Waals surface area (Å²) in [5.74, 6) is -0.0227. The molecule has 2 aromatic heterocycles. The maximum atomic E-state index is 11.5. The SMILES string of the molecule is CC(=O)N(C)C(C)c1c(C)c(C=O)c2cccnn12. The second-order valence-electron chi connectivity index (χ2n) is 4.67. The van der Waals surface area contributed by atoms with E-state index in [9.17, 15) is 9.59 Å². The Morgan fingerprint density at radius 1 is 1.53 bits per heavy atom. The fourth-order valence-electron chi connectivity index (χ4n) is 2.35. The highest BCUT2D eigenvalue weighted by molar-refractivity contribution is 5.89. The summed E-state index contributed by atoms with van der Waals surface area (Å²) in [7, 11) is 1.75. The van der Waals surface area contributed by atoms with Crippen LogP contribution in [0.15, 0.2) is 18.3 Å². The average Bonchev–Trinajstić information content (AvgIpc) is 2.68. The molecule has 100 valence electrons. The first kappa shape index (κ1) is 13.3. The lowest BCUT2D eigenvalue weighted by Crippen LogP contribution is -2.28. The summed E-state index contributed by atoms with van der Waals surface area (Å²) in [5, 5.41) is 4.29. The lowest BCUT2D eigenvalue weighted by molar-refractivity contribution is -0.129. The summed E-state index contributed by atoms with van der Waals surface area (Å²) >= 11 is 0. The summed E-state index contributed by atoms with van der Waals surface area (Å²) in [6.07, 6.45) is 2.52. The van der Waals surface area contributed by atoms with Crippen LogP contribution in [0, 0.1) is 6.92 Å². The van der Waals surface area contributed by atoms with Gasteiger partial charge >= 0.3 is 0 Å². The molecular weight excluding hydrogens is 242 g/mol. The van der Waals surface area contributed by atoms with Crippen molar-refractivity contribution in [3.8, 4) is 0 Å². The quantitative estimate of drug-likeness (QED) is 0.792. The minimum atomic E-state index is -0.145. The highest BCUT2D eigenvalue weighted by Gasteiger charge is 2.23. The van der Waals surface area contributed by atoms with Gasteiger partial charge in [-0.15, -0.1) is 0 Å². The van der Waals surface area contributed by atoms with Crippen LogP contribution < -0.4 is 0 Å². The van der Waals surface area contributed by atoms with Crippen LogP contribution in [0.5, 0.6) is 0 Å². The van der Waals surface area contributed by atoms with Gasteiger partial charge in [-0.1, -0.05) is 0 Å². The molecule has 2 aromatic rings. The van der Waals surface area contributed by atoms with Crippen molar-refractivity contribution in [1.29, 1.82) is 0 Å². The van der Waals surface area contributed by atoms with Gasteiger partial charge < -0.3 is 4.90 Å². The number of aromatic nitrogens is 2. The molecule has 0 aromatic carbocycles. The minimum Gasteiger partial charge on any atom is -0.338 e. The lowest BCUT2D eigenvalue weighted by Gasteiger charge is -2.24. The third-order valence-corrected chi connectivity index (χ3v) is 3.63. The van der Waals surface area contributed by atoms with Gasteiger partial charge in [0.2, 0.25) is 5.91 Å². The first-order valence-corrected chi connectivity index (χ1v) is 6.13. The van der Waals surface area contributed by atoms with Crippen molar-refractivity contribution >= 4 is 17.7 Å². The van der Waals surface area contributed by atoms with Crippen LogP contribution in [0.1, 0.15) is 41.5 Å². The molecule has 1 unspecified atom stereocenters. The predicted molar refractivity (Wildman–Crippen MR) is 72.2 cm³/mol. The third kappa shape index (κ3) is 2.01. The van der Waals surface area contributed by atoms with Crippen LogP contribution in [-0.2, 0) is 4.79 Å². The maximum Gasteiger partial charge on any atom is 0.219 e. The van der Waals surface area contributed by atoms with Crippen molar-refractivity contribution < 1.29 is 9.59 Å². The number of fused-ring (bicyclic) bond motifs is 1. The molecule has 0 saturated heterocycles. The summed E-state index contributed by atoms with van der Waals surface area (Å²) in [6, 6.07) is 3.51. The fraction of sp³-hybridized carbons (Fsp3) is 0.357. The number of hydrogen-bond donors (Lipinski definition) is 0. The molecule has 5 nitrogen and oxygen atoms in total. The molecule has 0 bridgehead atoms. The number of carbonyl (C=O) groups is 2. The average molecular weight is 259 g/mol. The minimum absolute atomic E-state index is 0.0227. The number of aldehydes is 1. The van der Waals surface area contributed by atoms with E-state index in [4.69, 9.17) is 0 Å². The Labute approximate surface area is 111 Å². The van der Waals surface area contributed by atoms with Crippen molar-refractivity contribution in [2.24, 2.45) is 0 Å². The van der Waals surface area contributed by atoms with E-state index in [1.807, 2.05) is 19.9 Å². The molecular formula is C14H17N3O2. The molecule has 1 amide bonds. The van der Waals surface area contributed by atoms with Crippen LogP contribution in [0.4, 0.5) is 0 Å². The van der Waals surface area contributed by atoms with Gasteiger partial charge in [-0.05, 0) is 31.5 Å². The Hall–Kier alpha value is -2.17. The van der Waals surface area contributed by atoms with Gasteiger partial charge in [-0.2, -0.15) is 5.10 Å². The predicted octanol–water partition coefficient (Wildman–Crippen LogP) is 1.99. The van der Waals surface area contributed by atoms with Gasteiger partial charge in [0.25, 0.3) is 0 Å². The second-order valence-corrected chi connectivity index (χ2v) is 4.67. The number of nitrogens with zero attached hydrogens (tertiary/aromatic N) is 3. The Kier molecular flexibility index (Phi) is 3.38. The first-order chi connectivity index (χ1) is 8.99. The Balaban J connectivity index is 2.69. The Morgan fingerprint density at radius 3 is 2.79 bits per heavy atom. The van der Waals surface area contributed by atoms with Crippen molar-refractivity contribution in [3.63, 3.8) is 0 Å². The zero-order valence-electron chi connectivity index (χ0n) is 11.5. The normalized spacial score (nSPS) is 12.4. The zero-order valence-corrected chi connectivity index (χ0v) is 11.5. The molecule has 0 radical (unpaired) electrons. The molecule has 0 fully saturated rings. The van der Waals surface area contributed by atoms with Gasteiger partial charge in [-0.3, -0.25) is 9.59 Å². The fourth-order valence-corrected chi connectivity index (χ4v) is 2.35. The largest absolute Gasteiger partial charge is 0.338 e. The van der Waals surface area contributed by atoms with Crippen LogP contribution >= 0.6 is 0 Å². The number of hydrogen-bond acceptors (Lipinski definition) is 3. The van der Waals surface area contributed by atoms with E-state index in [-0.39, 0.29) is 11.9 Å². The molecule has 0 spiro atoms. The molecule has 0 N–H and O–H groups in total. The molecule has 2 heterocycles. The molecule has 1 atom stereocenters. The zero-order chi connectivity index (χ0) is 14.2. The van der Waals surface area contributed by atoms with Crippen molar-refractivity contribution in [2.45, 2.75) is 26.8 Å². The van der Waals surface area contributed by atoms with Crippen molar-refractivity contribution in [3.05, 3.63) is 35.2 Å². The molecule has 0 aliphatic rings. The Morgan fingerprint density at radius 2 is 2.21 bits per heavy atom. The van der Waals surface area contributed by atoms with Gasteiger partial charge in [0.1, 0.15) is 0 Å². The highest BCUT2D eigenvalue weighted by atomic mass is 16.2. The summed E-state index contributed by atoms with van der Waals surface area (Å²) in [6.45, 7) is 5.34. The molecule has 0 saturated carbocycles. The highest BCUT2D eigenvalue weighted by Crippen LogP contribution is 2.28. The third-order valence-electron chi connectivity index (χ3n) is 3.63. The lowest BCUT2D eigenvalue weighted by atomic mass is 10.1. The van der Waals surface area contributed by atoms with Crippen LogP contribution in [0.2, 0.25) is 0 Å². The van der Waals surface area contributed by atoms with E-state index in [1.54, 1.807) is 28.7 Å². The molecule has 19 heavy (non-hydrogen) atoms. The number of rotatable bonds is 3. The second kappa shape index (κ2) is 4.84. The van der Waals surface area contributed by atoms with E-state index in [2.05, 4.69) is 5.10 Å². The van der Waals surface area contributed by atoms with Crippen LogP contribution in [0.25, 0.3) is 5.52 Å². The van der Waals surface area contributed by atoms with Gasteiger partial charge in [0.05, 0.1) is 17.3 Å².